The Bertz CT molecular complexity index is 126. The van der Waals surface area contributed by atoms with Gasteiger partial charge in [-0.1, -0.05) is 47.0 Å². The first-order chi connectivity index (χ1) is 7.74. The highest BCUT2D eigenvalue weighted by Gasteiger charge is 2.33. The molecule has 0 aromatic heterocycles. The number of hydrogen-bond donors (Lipinski definition) is 0. The molecule has 0 spiro atoms. The van der Waals surface area contributed by atoms with Crippen molar-refractivity contribution in [3.63, 3.8) is 0 Å². The highest BCUT2D eigenvalue weighted by Crippen LogP contribution is 2.61. The average molecular weight is 372 g/mol. The molecule has 0 aliphatic carbocycles. The third kappa shape index (κ3) is 9.70. The van der Waals surface area contributed by atoms with Crippen molar-refractivity contribution in [2.24, 2.45) is 0 Å². The molecule has 0 atom stereocenters. The van der Waals surface area contributed by atoms with Gasteiger partial charge in [0.2, 0.25) is 0 Å². The molecule has 0 aromatic rings. The van der Waals surface area contributed by atoms with Crippen LogP contribution in [0.1, 0.15) is 72.6 Å². The van der Waals surface area contributed by atoms with Crippen molar-refractivity contribution < 1.29 is 24.0 Å². The summed E-state index contributed by atoms with van der Waals surface area (Å²) in [6.07, 6.45) is 16.4. The minimum absolute atomic E-state index is 0. The Morgan fingerprint density at radius 3 is 1.12 bits per heavy atom. The van der Waals surface area contributed by atoms with Gasteiger partial charge in [-0.05, 0) is 25.7 Å². The summed E-state index contributed by atoms with van der Waals surface area (Å²) in [6, 6.07) is 0. The second kappa shape index (κ2) is 13.6. The van der Waals surface area contributed by atoms with Gasteiger partial charge in [-0.2, -0.15) is 0 Å². The third-order valence-electron chi connectivity index (χ3n) is 3.66. The van der Waals surface area contributed by atoms with Crippen LogP contribution in [0.25, 0.3) is 0 Å². The topological polar surface area (TPSA) is 0 Å². The van der Waals surface area contributed by atoms with E-state index in [4.69, 9.17) is 0 Å². The van der Waals surface area contributed by atoms with E-state index < -0.39 is 7.26 Å². The van der Waals surface area contributed by atoms with Crippen LogP contribution in [0.5, 0.6) is 0 Å². The van der Waals surface area contributed by atoms with Crippen molar-refractivity contribution in [1.29, 1.82) is 0 Å². The van der Waals surface area contributed by atoms with Crippen molar-refractivity contribution in [2.75, 3.05) is 24.6 Å². The van der Waals surface area contributed by atoms with Gasteiger partial charge in [0.05, 0.1) is 24.6 Å². The molecule has 0 nitrogen and oxygen atoms in total. The molecule has 0 fully saturated rings. The molecular weight excluding hydrogens is 338 g/mol. The van der Waals surface area contributed by atoms with Crippen LogP contribution in [-0.4, -0.2) is 24.6 Å². The van der Waals surface area contributed by atoms with Gasteiger partial charge < -0.3 is 24.0 Å². The summed E-state index contributed by atoms with van der Waals surface area (Å²) < 4.78 is 0. The van der Waals surface area contributed by atoms with Crippen molar-refractivity contribution in [3.8, 4) is 0 Å². The number of rotatable bonds is 11. The van der Waals surface area contributed by atoms with Crippen molar-refractivity contribution in [1.82, 2.24) is 0 Å². The van der Waals surface area contributed by atoms with E-state index in [0.717, 1.165) is 0 Å². The van der Waals surface area contributed by atoms with Gasteiger partial charge in [0.15, 0.2) is 0 Å². The van der Waals surface area contributed by atoms with Gasteiger partial charge >= 0.3 is 0 Å². The fraction of sp³-hybridized carbons (Fsp3) is 1.00. The van der Waals surface area contributed by atoms with Crippen LogP contribution >= 0.6 is 7.26 Å². The molecule has 0 aliphatic heterocycles. The summed E-state index contributed by atoms with van der Waals surface area (Å²) in [5.74, 6) is 0. The van der Waals surface area contributed by atoms with Crippen molar-refractivity contribution in [3.05, 3.63) is 0 Å². The second-order valence-electron chi connectivity index (χ2n) is 5.30. The first-order valence-corrected chi connectivity index (χ1v) is 10.1. The van der Waals surface area contributed by atoms with E-state index in [2.05, 4.69) is 27.7 Å². The molecule has 0 aliphatic rings. The molecule has 0 heterocycles. The molecule has 0 radical (unpaired) electrons. The minimum Gasteiger partial charge on any atom is -1.00 e. The summed E-state index contributed by atoms with van der Waals surface area (Å²) in [6.45, 7) is 9.43. The minimum atomic E-state index is -0.546. The summed E-state index contributed by atoms with van der Waals surface area (Å²) in [7, 11) is -0.546. The van der Waals surface area contributed by atoms with Crippen LogP contribution in [-0.2, 0) is 0 Å². The molecule has 106 valence electrons. The maximum absolute atomic E-state index is 2.39. The van der Waals surface area contributed by atoms with Gasteiger partial charge in [-0.3, -0.25) is 0 Å². The van der Waals surface area contributed by atoms with Crippen LogP contribution in [0.3, 0.4) is 0 Å². The fourth-order valence-corrected chi connectivity index (χ4v) is 7.88. The number of unbranched alkanes of at least 4 members (excludes halogenated alkanes) is 3. The lowest BCUT2D eigenvalue weighted by Gasteiger charge is -2.27. The largest absolute Gasteiger partial charge is 1.00 e. The van der Waals surface area contributed by atoms with Gasteiger partial charge in [0.1, 0.15) is 0 Å². The predicted octanol–water partition coefficient (Wildman–Crippen LogP) is 2.82. The lowest BCUT2D eigenvalue weighted by Crippen LogP contribution is -3.00. The Morgan fingerprint density at radius 1 is 0.529 bits per heavy atom. The van der Waals surface area contributed by atoms with Gasteiger partial charge in [-0.15, -0.1) is 0 Å². The van der Waals surface area contributed by atoms with Crippen molar-refractivity contribution >= 4 is 7.26 Å². The van der Waals surface area contributed by atoms with E-state index in [1.54, 1.807) is 24.6 Å². The van der Waals surface area contributed by atoms with Crippen LogP contribution in [0.4, 0.5) is 0 Å². The number of halogens is 1. The zero-order chi connectivity index (χ0) is 12.3. The Morgan fingerprint density at radius 2 is 0.882 bits per heavy atom. The molecule has 17 heavy (non-hydrogen) atoms. The zero-order valence-electron chi connectivity index (χ0n) is 12.6. The van der Waals surface area contributed by atoms with E-state index in [0.29, 0.717) is 0 Å². The Labute approximate surface area is 128 Å². The van der Waals surface area contributed by atoms with E-state index in [9.17, 15) is 0 Å². The quantitative estimate of drug-likeness (QED) is 0.387. The molecule has 0 N–H and O–H groups in total. The van der Waals surface area contributed by atoms with E-state index in [1.165, 1.54) is 44.9 Å². The molecule has 0 saturated heterocycles. The summed E-state index contributed by atoms with van der Waals surface area (Å²) in [5.41, 5.74) is 0. The SMILES string of the molecule is CCCC[P+](CCC)(CCCC)CCCC.[I-]. The van der Waals surface area contributed by atoms with E-state index in [1.807, 2.05) is 0 Å². The van der Waals surface area contributed by atoms with E-state index >= 15 is 0 Å². The molecule has 0 amide bonds. The third-order valence-corrected chi connectivity index (χ3v) is 8.85. The maximum atomic E-state index is 2.39. The number of hydrogen-bond acceptors (Lipinski definition) is 0. The second-order valence-corrected chi connectivity index (χ2v) is 9.77. The summed E-state index contributed by atoms with van der Waals surface area (Å²) >= 11 is 0. The van der Waals surface area contributed by atoms with Gasteiger partial charge in [0, 0.05) is 7.26 Å². The molecule has 0 bridgehead atoms. The van der Waals surface area contributed by atoms with E-state index in [-0.39, 0.29) is 24.0 Å². The highest BCUT2D eigenvalue weighted by molar-refractivity contribution is 7.75. The Balaban J connectivity index is 0. The smallest absolute Gasteiger partial charge is 0.0594 e. The van der Waals surface area contributed by atoms with Crippen LogP contribution < -0.4 is 24.0 Å². The first-order valence-electron chi connectivity index (χ1n) is 7.59. The summed E-state index contributed by atoms with van der Waals surface area (Å²) in [5, 5.41) is 0. The molecule has 0 rings (SSSR count). The van der Waals surface area contributed by atoms with Crippen LogP contribution in [0.2, 0.25) is 0 Å². The normalized spacial score (nSPS) is 11.3. The lowest BCUT2D eigenvalue weighted by atomic mass is 10.4. The molecule has 2 heteroatoms. The monoisotopic (exact) mass is 372 g/mol. The van der Waals surface area contributed by atoms with Crippen molar-refractivity contribution in [2.45, 2.75) is 72.6 Å². The van der Waals surface area contributed by atoms with Crippen LogP contribution in [0, 0.1) is 0 Å². The zero-order valence-corrected chi connectivity index (χ0v) is 15.7. The Kier molecular flexibility index (Phi) is 16.4. The Hall–Kier alpha value is 1.16. The maximum Gasteiger partial charge on any atom is 0.0594 e. The fourth-order valence-electron chi connectivity index (χ4n) is 2.63. The summed E-state index contributed by atoms with van der Waals surface area (Å²) in [4.78, 5) is 0. The average Bonchev–Trinajstić information content (AvgIpc) is 2.31. The van der Waals surface area contributed by atoms with Gasteiger partial charge in [-0.25, -0.2) is 0 Å². The molecule has 0 unspecified atom stereocenters. The predicted molar refractivity (Wildman–Crippen MR) is 81.4 cm³/mol. The standard InChI is InChI=1S/C15H34P.HI/c1-5-9-13-16(12-8-4,14-10-6-2)15-11-7-3;/h5-15H2,1-4H3;1H/q+1;/p-1. The molecule has 0 saturated carbocycles. The molecular formula is C15H34IP. The van der Waals surface area contributed by atoms with Gasteiger partial charge in [0.25, 0.3) is 0 Å². The first kappa shape index (κ1) is 20.5. The lowest BCUT2D eigenvalue weighted by molar-refractivity contribution is -0.00000381. The van der Waals surface area contributed by atoms with Crippen LogP contribution in [0.15, 0.2) is 0 Å². The highest BCUT2D eigenvalue weighted by atomic mass is 127. The molecule has 0 aromatic carbocycles.